The topological polar surface area (TPSA) is 38.0 Å². The zero-order valence-corrected chi connectivity index (χ0v) is 11.7. The average Bonchev–Trinajstić information content (AvgIpc) is 2.40. The molecule has 1 aliphatic heterocycles. The van der Waals surface area contributed by atoms with Gasteiger partial charge in [-0.15, -0.1) is 0 Å². The summed E-state index contributed by atoms with van der Waals surface area (Å²) in [6.45, 7) is 7.53. The van der Waals surface area contributed by atoms with E-state index in [0.29, 0.717) is 0 Å². The normalized spacial score (nSPS) is 17.9. The van der Waals surface area contributed by atoms with E-state index in [0.717, 1.165) is 32.0 Å². The van der Waals surface area contributed by atoms with Gasteiger partial charge in [0, 0.05) is 0 Å². The van der Waals surface area contributed by atoms with Crippen LogP contribution in [0, 0.1) is 5.41 Å². The average molecular weight is 246 g/mol. The summed E-state index contributed by atoms with van der Waals surface area (Å²) in [6, 6.07) is 9.13. The predicted octanol–water partition coefficient (Wildman–Crippen LogP) is 2.68. The Labute approximate surface area is 111 Å². The van der Waals surface area contributed by atoms with E-state index in [1.807, 2.05) is 0 Å². The van der Waals surface area contributed by atoms with E-state index in [1.54, 1.807) is 0 Å². The molecule has 1 aromatic carbocycles. The second-order valence-corrected chi connectivity index (χ2v) is 6.31. The quantitative estimate of drug-likeness (QED) is 0.857. The number of nitrogens with one attached hydrogen (secondary N) is 1. The molecule has 0 aliphatic carbocycles. The van der Waals surface area contributed by atoms with Crippen LogP contribution >= 0.6 is 0 Å². The fourth-order valence-electron chi connectivity index (χ4n) is 2.74. The van der Waals surface area contributed by atoms with Gasteiger partial charge in [-0.25, -0.2) is 0 Å². The van der Waals surface area contributed by atoms with Crippen LogP contribution < -0.4 is 11.1 Å². The van der Waals surface area contributed by atoms with Crippen molar-refractivity contribution in [3.05, 3.63) is 35.4 Å². The largest absolute Gasteiger partial charge is 0.330 e. The monoisotopic (exact) mass is 246 g/mol. The Morgan fingerprint density at radius 2 is 2.00 bits per heavy atom. The van der Waals surface area contributed by atoms with Crippen molar-refractivity contribution in [2.24, 2.45) is 11.1 Å². The number of piperidine rings is 1. The Balaban J connectivity index is 2.09. The van der Waals surface area contributed by atoms with Crippen LogP contribution in [0.5, 0.6) is 0 Å². The summed E-state index contributed by atoms with van der Waals surface area (Å²) >= 11 is 0. The molecule has 1 saturated heterocycles. The van der Waals surface area contributed by atoms with E-state index in [9.17, 15) is 0 Å². The third-order valence-electron chi connectivity index (χ3n) is 4.00. The molecule has 2 rings (SSSR count). The second kappa shape index (κ2) is 5.85. The molecule has 0 saturated carbocycles. The van der Waals surface area contributed by atoms with Crippen molar-refractivity contribution < 1.29 is 0 Å². The van der Waals surface area contributed by atoms with Gasteiger partial charge in [-0.2, -0.15) is 0 Å². The number of nitrogens with two attached hydrogens (primary N) is 1. The molecule has 2 nitrogen and oxygen atoms in total. The van der Waals surface area contributed by atoms with Crippen molar-refractivity contribution in [2.75, 3.05) is 19.6 Å². The molecule has 100 valence electrons. The number of rotatable bonds is 4. The van der Waals surface area contributed by atoms with Crippen LogP contribution in [0.3, 0.4) is 0 Å². The molecule has 0 unspecified atom stereocenters. The maximum Gasteiger partial charge on any atom is -0.00226 e. The molecule has 2 heteroatoms. The molecule has 0 atom stereocenters. The maximum atomic E-state index is 5.83. The highest BCUT2D eigenvalue weighted by Crippen LogP contribution is 2.27. The maximum absolute atomic E-state index is 5.83. The lowest BCUT2D eigenvalue weighted by Crippen LogP contribution is -2.27. The minimum atomic E-state index is 0.201. The van der Waals surface area contributed by atoms with Crippen LogP contribution in [-0.4, -0.2) is 19.6 Å². The lowest BCUT2D eigenvalue weighted by atomic mass is 9.83. The molecule has 0 amide bonds. The van der Waals surface area contributed by atoms with Crippen LogP contribution in [-0.2, 0) is 6.42 Å². The standard InChI is InChI=1S/C16H26N2/c1-16(2,12-17)11-13-4-3-5-15(10-13)14-6-8-18-9-7-14/h3-5,10,14,18H,6-9,11-12,17H2,1-2H3. The molecule has 0 bridgehead atoms. The van der Waals surface area contributed by atoms with Gasteiger partial charge in [0.15, 0.2) is 0 Å². The number of benzene rings is 1. The minimum absolute atomic E-state index is 0.201. The third-order valence-corrected chi connectivity index (χ3v) is 4.00. The van der Waals surface area contributed by atoms with Gasteiger partial charge in [-0.05, 0) is 61.4 Å². The Morgan fingerprint density at radius 3 is 2.67 bits per heavy atom. The highest BCUT2D eigenvalue weighted by atomic mass is 14.9. The van der Waals surface area contributed by atoms with Crippen LogP contribution in [0.4, 0.5) is 0 Å². The highest BCUT2D eigenvalue weighted by Gasteiger charge is 2.18. The van der Waals surface area contributed by atoms with E-state index >= 15 is 0 Å². The van der Waals surface area contributed by atoms with Crippen molar-refractivity contribution in [1.82, 2.24) is 5.32 Å². The lowest BCUT2D eigenvalue weighted by molar-refractivity contribution is 0.376. The molecule has 0 aromatic heterocycles. The molecular weight excluding hydrogens is 220 g/mol. The molecule has 0 radical (unpaired) electrons. The molecule has 1 heterocycles. The molecule has 1 aromatic rings. The predicted molar refractivity (Wildman–Crippen MR) is 77.8 cm³/mol. The molecular formula is C16H26N2. The Kier molecular flexibility index (Phi) is 4.41. The van der Waals surface area contributed by atoms with E-state index in [1.165, 1.54) is 24.0 Å². The summed E-state index contributed by atoms with van der Waals surface area (Å²) in [6.07, 6.45) is 3.61. The summed E-state index contributed by atoms with van der Waals surface area (Å²) in [4.78, 5) is 0. The van der Waals surface area contributed by atoms with Gasteiger partial charge in [-0.1, -0.05) is 38.1 Å². The summed E-state index contributed by atoms with van der Waals surface area (Å²) < 4.78 is 0. The van der Waals surface area contributed by atoms with Crippen LogP contribution in [0.2, 0.25) is 0 Å². The smallest absolute Gasteiger partial charge is 0.00226 e. The van der Waals surface area contributed by atoms with Crippen molar-refractivity contribution in [3.63, 3.8) is 0 Å². The first-order chi connectivity index (χ1) is 8.61. The Morgan fingerprint density at radius 1 is 1.28 bits per heavy atom. The van der Waals surface area contributed by atoms with E-state index in [4.69, 9.17) is 5.73 Å². The van der Waals surface area contributed by atoms with Gasteiger partial charge in [0.2, 0.25) is 0 Å². The van der Waals surface area contributed by atoms with Crippen LogP contribution in [0.1, 0.15) is 43.7 Å². The second-order valence-electron chi connectivity index (χ2n) is 6.31. The summed E-state index contributed by atoms with van der Waals surface area (Å²) in [5.41, 5.74) is 8.98. The summed E-state index contributed by atoms with van der Waals surface area (Å²) in [7, 11) is 0. The molecule has 0 spiro atoms. The molecule has 3 N–H and O–H groups in total. The Hall–Kier alpha value is -0.860. The zero-order chi connectivity index (χ0) is 13.0. The van der Waals surface area contributed by atoms with Gasteiger partial charge in [0.1, 0.15) is 0 Å². The highest BCUT2D eigenvalue weighted by molar-refractivity contribution is 5.27. The zero-order valence-electron chi connectivity index (χ0n) is 11.7. The van der Waals surface area contributed by atoms with Gasteiger partial charge in [0.05, 0.1) is 0 Å². The van der Waals surface area contributed by atoms with Crippen molar-refractivity contribution in [2.45, 2.75) is 39.0 Å². The first-order valence-corrected chi connectivity index (χ1v) is 7.10. The summed E-state index contributed by atoms with van der Waals surface area (Å²) in [5.74, 6) is 0.743. The van der Waals surface area contributed by atoms with Crippen LogP contribution in [0.15, 0.2) is 24.3 Å². The molecule has 18 heavy (non-hydrogen) atoms. The lowest BCUT2D eigenvalue weighted by Gasteiger charge is -2.25. The van der Waals surface area contributed by atoms with Gasteiger partial charge < -0.3 is 11.1 Å². The van der Waals surface area contributed by atoms with Gasteiger partial charge >= 0.3 is 0 Å². The molecule has 1 aliphatic rings. The SMILES string of the molecule is CC(C)(CN)Cc1cccc(C2CCNCC2)c1. The van der Waals surface area contributed by atoms with Gasteiger partial charge in [-0.3, -0.25) is 0 Å². The number of hydrogen-bond acceptors (Lipinski definition) is 2. The van der Waals surface area contributed by atoms with E-state index < -0.39 is 0 Å². The van der Waals surface area contributed by atoms with Crippen molar-refractivity contribution >= 4 is 0 Å². The van der Waals surface area contributed by atoms with Gasteiger partial charge in [0.25, 0.3) is 0 Å². The first kappa shape index (κ1) is 13.6. The molecule has 1 fully saturated rings. The van der Waals surface area contributed by atoms with Crippen LogP contribution in [0.25, 0.3) is 0 Å². The fourth-order valence-corrected chi connectivity index (χ4v) is 2.74. The van der Waals surface area contributed by atoms with E-state index in [-0.39, 0.29) is 5.41 Å². The fraction of sp³-hybridized carbons (Fsp3) is 0.625. The summed E-state index contributed by atoms with van der Waals surface area (Å²) in [5, 5.41) is 3.43. The minimum Gasteiger partial charge on any atom is -0.330 e. The van der Waals surface area contributed by atoms with E-state index in [2.05, 4.69) is 43.4 Å². The van der Waals surface area contributed by atoms with Crippen molar-refractivity contribution in [1.29, 1.82) is 0 Å². The third kappa shape index (κ3) is 3.56. The first-order valence-electron chi connectivity index (χ1n) is 7.10. The number of hydrogen-bond donors (Lipinski definition) is 2. The Bertz CT molecular complexity index is 378. The van der Waals surface area contributed by atoms with Crippen molar-refractivity contribution in [3.8, 4) is 0 Å².